The fourth-order valence-electron chi connectivity index (χ4n) is 0.697. The van der Waals surface area contributed by atoms with Crippen LogP contribution in [0.3, 0.4) is 0 Å². The quantitative estimate of drug-likeness (QED) is 0.502. The van der Waals surface area contributed by atoms with Crippen LogP contribution >= 0.6 is 0 Å². The van der Waals surface area contributed by atoms with Crippen molar-refractivity contribution in [3.05, 3.63) is 0 Å². The van der Waals surface area contributed by atoms with Crippen molar-refractivity contribution in [3.8, 4) is 0 Å². The summed E-state index contributed by atoms with van der Waals surface area (Å²) >= 11 is 0. The fourth-order valence-corrected chi connectivity index (χ4v) is 0.697. The van der Waals surface area contributed by atoms with Crippen molar-refractivity contribution in [1.82, 2.24) is 5.32 Å². The SMILES string of the molecule is C.CC1CNCCO1. The first-order chi connectivity index (χ1) is 3.39. The van der Waals surface area contributed by atoms with Crippen molar-refractivity contribution in [1.29, 1.82) is 0 Å². The smallest absolute Gasteiger partial charge is 0.0672 e. The van der Waals surface area contributed by atoms with Gasteiger partial charge in [0.05, 0.1) is 12.7 Å². The normalized spacial score (nSPS) is 28.9. The van der Waals surface area contributed by atoms with Gasteiger partial charge >= 0.3 is 0 Å². The minimum Gasteiger partial charge on any atom is -0.376 e. The molecular formula is C6H15NO. The minimum atomic E-state index is 0. The summed E-state index contributed by atoms with van der Waals surface area (Å²) in [4.78, 5) is 0. The summed E-state index contributed by atoms with van der Waals surface area (Å²) in [6.45, 7) is 4.98. The van der Waals surface area contributed by atoms with E-state index in [4.69, 9.17) is 4.74 Å². The minimum absolute atomic E-state index is 0. The van der Waals surface area contributed by atoms with Gasteiger partial charge in [0.15, 0.2) is 0 Å². The number of nitrogens with one attached hydrogen (secondary N) is 1. The Morgan fingerprint density at radius 3 is 2.62 bits per heavy atom. The van der Waals surface area contributed by atoms with Crippen LogP contribution in [0.1, 0.15) is 14.4 Å². The second-order valence-corrected chi connectivity index (χ2v) is 1.89. The molecule has 0 bridgehead atoms. The molecule has 1 fully saturated rings. The molecule has 1 rings (SSSR count). The van der Waals surface area contributed by atoms with Crippen LogP contribution in [0.25, 0.3) is 0 Å². The molecule has 0 aliphatic carbocycles. The third kappa shape index (κ3) is 2.28. The van der Waals surface area contributed by atoms with Crippen LogP contribution < -0.4 is 5.32 Å². The average molecular weight is 117 g/mol. The molecule has 0 aromatic rings. The van der Waals surface area contributed by atoms with Crippen LogP contribution in [-0.2, 0) is 4.74 Å². The number of hydrogen-bond donors (Lipinski definition) is 1. The van der Waals surface area contributed by atoms with E-state index in [-0.39, 0.29) is 7.43 Å². The molecule has 1 aliphatic heterocycles. The average Bonchev–Trinajstić information content (AvgIpc) is 1.69. The van der Waals surface area contributed by atoms with Crippen LogP contribution in [0.5, 0.6) is 0 Å². The lowest BCUT2D eigenvalue weighted by atomic mass is 10.3. The zero-order valence-corrected chi connectivity index (χ0v) is 4.61. The topological polar surface area (TPSA) is 21.3 Å². The highest BCUT2D eigenvalue weighted by molar-refractivity contribution is 4.59. The lowest BCUT2D eigenvalue weighted by Gasteiger charge is -2.18. The number of morpholine rings is 1. The highest BCUT2D eigenvalue weighted by Crippen LogP contribution is 1.91. The molecule has 0 radical (unpaired) electrons. The van der Waals surface area contributed by atoms with Gasteiger partial charge in [0, 0.05) is 13.1 Å². The second-order valence-electron chi connectivity index (χ2n) is 1.89. The Morgan fingerprint density at radius 2 is 2.38 bits per heavy atom. The third-order valence-electron chi connectivity index (χ3n) is 1.11. The van der Waals surface area contributed by atoms with Crippen molar-refractivity contribution in [2.75, 3.05) is 19.7 Å². The van der Waals surface area contributed by atoms with E-state index in [2.05, 4.69) is 12.2 Å². The van der Waals surface area contributed by atoms with E-state index < -0.39 is 0 Å². The summed E-state index contributed by atoms with van der Waals surface area (Å²) in [5, 5.41) is 3.21. The Bertz CT molecular complexity index is 50.5. The van der Waals surface area contributed by atoms with Crippen molar-refractivity contribution < 1.29 is 4.74 Å². The molecule has 1 N–H and O–H groups in total. The van der Waals surface area contributed by atoms with Gasteiger partial charge in [-0.1, -0.05) is 7.43 Å². The van der Waals surface area contributed by atoms with Crippen molar-refractivity contribution >= 4 is 0 Å². The van der Waals surface area contributed by atoms with E-state index in [1.165, 1.54) is 0 Å². The summed E-state index contributed by atoms with van der Waals surface area (Å²) in [5.74, 6) is 0. The van der Waals surface area contributed by atoms with E-state index in [0.29, 0.717) is 6.10 Å². The van der Waals surface area contributed by atoms with E-state index in [0.717, 1.165) is 19.7 Å². The molecule has 1 saturated heterocycles. The molecule has 1 heterocycles. The first-order valence-electron chi connectivity index (χ1n) is 2.72. The molecule has 2 nitrogen and oxygen atoms in total. The van der Waals surface area contributed by atoms with E-state index in [1.807, 2.05) is 0 Å². The van der Waals surface area contributed by atoms with E-state index in [9.17, 15) is 0 Å². The molecule has 0 spiro atoms. The summed E-state index contributed by atoms with van der Waals surface area (Å²) in [6, 6.07) is 0. The predicted molar refractivity (Wildman–Crippen MR) is 35.0 cm³/mol. The Hall–Kier alpha value is -0.0800. The molecule has 0 saturated carbocycles. The number of ether oxygens (including phenoxy) is 1. The Kier molecular flexibility index (Phi) is 3.83. The molecule has 0 aromatic heterocycles. The van der Waals surface area contributed by atoms with Crippen LogP contribution in [-0.4, -0.2) is 25.8 Å². The van der Waals surface area contributed by atoms with Gasteiger partial charge in [0.2, 0.25) is 0 Å². The van der Waals surface area contributed by atoms with Gasteiger partial charge in [-0.15, -0.1) is 0 Å². The number of hydrogen-bond acceptors (Lipinski definition) is 2. The maximum absolute atomic E-state index is 5.22. The largest absolute Gasteiger partial charge is 0.376 e. The first kappa shape index (κ1) is 7.92. The lowest BCUT2D eigenvalue weighted by Crippen LogP contribution is -2.36. The molecule has 1 atom stereocenters. The standard InChI is InChI=1S/C5H11NO.CH4/c1-5-4-6-2-3-7-5;/h5-6H,2-4H2,1H3;1H4. The van der Waals surface area contributed by atoms with Gasteiger partial charge in [0.25, 0.3) is 0 Å². The Morgan fingerprint density at radius 1 is 1.62 bits per heavy atom. The zero-order chi connectivity index (χ0) is 5.11. The number of rotatable bonds is 0. The molecule has 0 aromatic carbocycles. The molecule has 2 heteroatoms. The maximum atomic E-state index is 5.22. The van der Waals surface area contributed by atoms with Crippen LogP contribution in [0.4, 0.5) is 0 Å². The molecule has 0 amide bonds. The molecular weight excluding hydrogens is 102 g/mol. The van der Waals surface area contributed by atoms with Gasteiger partial charge in [0.1, 0.15) is 0 Å². The predicted octanol–water partition coefficient (Wildman–Crippen LogP) is 0.631. The Labute approximate surface area is 51.2 Å². The van der Waals surface area contributed by atoms with Gasteiger partial charge in [-0.25, -0.2) is 0 Å². The van der Waals surface area contributed by atoms with Gasteiger partial charge in [-0.2, -0.15) is 0 Å². The molecule has 50 valence electrons. The van der Waals surface area contributed by atoms with Gasteiger partial charge in [-0.3, -0.25) is 0 Å². The highest BCUT2D eigenvalue weighted by atomic mass is 16.5. The summed E-state index contributed by atoms with van der Waals surface area (Å²) in [6.07, 6.45) is 0.425. The van der Waals surface area contributed by atoms with Gasteiger partial charge < -0.3 is 10.1 Å². The molecule has 1 unspecified atom stereocenters. The third-order valence-corrected chi connectivity index (χ3v) is 1.11. The maximum Gasteiger partial charge on any atom is 0.0672 e. The molecule has 8 heavy (non-hydrogen) atoms. The van der Waals surface area contributed by atoms with Crippen LogP contribution in [0.2, 0.25) is 0 Å². The van der Waals surface area contributed by atoms with E-state index >= 15 is 0 Å². The van der Waals surface area contributed by atoms with Crippen LogP contribution in [0, 0.1) is 0 Å². The monoisotopic (exact) mass is 117 g/mol. The first-order valence-corrected chi connectivity index (χ1v) is 2.72. The van der Waals surface area contributed by atoms with Crippen LogP contribution in [0.15, 0.2) is 0 Å². The zero-order valence-electron chi connectivity index (χ0n) is 4.61. The summed E-state index contributed by atoms with van der Waals surface area (Å²) in [5.41, 5.74) is 0. The second kappa shape index (κ2) is 3.87. The van der Waals surface area contributed by atoms with Crippen molar-refractivity contribution in [2.45, 2.75) is 20.5 Å². The summed E-state index contributed by atoms with van der Waals surface area (Å²) in [7, 11) is 0. The van der Waals surface area contributed by atoms with Gasteiger partial charge in [-0.05, 0) is 6.92 Å². The highest BCUT2D eigenvalue weighted by Gasteiger charge is 2.04. The van der Waals surface area contributed by atoms with Crippen molar-refractivity contribution in [3.63, 3.8) is 0 Å². The fraction of sp³-hybridized carbons (Fsp3) is 1.00. The van der Waals surface area contributed by atoms with E-state index in [1.54, 1.807) is 0 Å². The molecule has 1 aliphatic rings. The van der Waals surface area contributed by atoms with Crippen molar-refractivity contribution in [2.24, 2.45) is 0 Å². The lowest BCUT2D eigenvalue weighted by molar-refractivity contribution is 0.0410. The summed E-state index contributed by atoms with van der Waals surface area (Å²) < 4.78 is 5.22. The Balaban J connectivity index is 0.000000490.